The van der Waals surface area contributed by atoms with Crippen LogP contribution in [0.1, 0.15) is 82.8 Å². The molecule has 3 heterocycles. The first-order valence-corrected chi connectivity index (χ1v) is 15.5. The highest BCUT2D eigenvalue weighted by molar-refractivity contribution is 6.12. The number of ketones is 2. The number of carbonyl (C=O) groups excluding carboxylic acids is 3. The summed E-state index contributed by atoms with van der Waals surface area (Å²) in [6, 6.07) is -0.240. The molecule has 5 aliphatic rings. The van der Waals surface area contributed by atoms with E-state index in [1.165, 1.54) is 7.11 Å². The molecule has 2 saturated heterocycles. The summed E-state index contributed by atoms with van der Waals surface area (Å²) < 4.78 is 11.7. The summed E-state index contributed by atoms with van der Waals surface area (Å²) in [6.45, 7) is 11.9. The van der Waals surface area contributed by atoms with Crippen molar-refractivity contribution in [3.05, 3.63) is 40.0 Å². The van der Waals surface area contributed by atoms with Crippen molar-refractivity contribution >= 4 is 17.5 Å². The van der Waals surface area contributed by atoms with E-state index in [-0.39, 0.29) is 59.2 Å². The third kappa shape index (κ3) is 3.93. The van der Waals surface area contributed by atoms with Gasteiger partial charge in [0.15, 0.2) is 23.1 Å². The number of phenolic OH excluding ortho intramolecular Hbond substituents is 2. The van der Waals surface area contributed by atoms with Crippen molar-refractivity contribution in [3.8, 4) is 17.2 Å². The van der Waals surface area contributed by atoms with Gasteiger partial charge in [-0.3, -0.25) is 14.4 Å². The Hall–Kier alpha value is -3.17. The van der Waals surface area contributed by atoms with Gasteiger partial charge in [-0.1, -0.05) is 44.1 Å². The summed E-state index contributed by atoms with van der Waals surface area (Å²) in [5.74, 6) is -4.92. The van der Waals surface area contributed by atoms with Crippen LogP contribution >= 0.6 is 0 Å². The van der Waals surface area contributed by atoms with Gasteiger partial charge >= 0.3 is 0 Å². The Labute approximate surface area is 252 Å². The Kier molecular flexibility index (Phi) is 7.08. The number of Topliss-reactive ketones (excluding diaryl/α,β-unsaturated/α-hetero) is 2. The van der Waals surface area contributed by atoms with Crippen molar-refractivity contribution in [2.24, 2.45) is 40.9 Å². The van der Waals surface area contributed by atoms with Gasteiger partial charge in [-0.15, -0.1) is 0 Å². The predicted molar refractivity (Wildman–Crippen MR) is 157 cm³/mol. The standard InChI is InChI=1S/C34H43NO8/c1-13(2)10-19-25-16(5)15(4)12-18-11-14(3)8-9-20(36)27(38)23-24(32(40)34(18,25)33(41)35-19)30-22-21(29(23)43-30)17(6)26(37)31(42-7)28(22)39/h11-13,16,18-20,23-25,29-30,36-37,39H,8-10H2,1-7H3,(H,35,41)/b14-11-/t16-,18+,19+,20-,23-,24+,25+,29-,30+,34+/m1/s1. The molecule has 0 unspecified atom stereocenters. The summed E-state index contributed by atoms with van der Waals surface area (Å²) in [4.78, 5) is 44.0. The van der Waals surface area contributed by atoms with Crippen molar-refractivity contribution in [1.82, 2.24) is 5.32 Å². The lowest BCUT2D eigenvalue weighted by Crippen LogP contribution is -2.56. The van der Waals surface area contributed by atoms with E-state index in [1.807, 2.05) is 19.1 Å². The number of allylic oxidation sites excluding steroid dienone is 4. The molecule has 1 spiro atoms. The number of aliphatic hydroxyl groups is 1. The number of carbonyl (C=O) groups is 3. The number of phenols is 2. The number of hydrogen-bond donors (Lipinski definition) is 4. The third-order valence-corrected chi connectivity index (χ3v) is 11.1. The van der Waals surface area contributed by atoms with Crippen LogP contribution in [0.2, 0.25) is 0 Å². The minimum atomic E-state index is -1.50. The first-order valence-electron chi connectivity index (χ1n) is 15.5. The van der Waals surface area contributed by atoms with Gasteiger partial charge in [0.2, 0.25) is 11.7 Å². The Bertz CT molecular complexity index is 1480. The van der Waals surface area contributed by atoms with Crippen LogP contribution in [-0.4, -0.2) is 52.0 Å². The Balaban J connectivity index is 1.62. The number of aliphatic hydroxyl groups excluding tert-OH is 1. The van der Waals surface area contributed by atoms with Crippen molar-refractivity contribution in [2.45, 2.75) is 85.2 Å². The number of nitrogens with one attached hydrogen (secondary N) is 1. The fourth-order valence-corrected chi connectivity index (χ4v) is 9.08. The highest BCUT2D eigenvalue weighted by Gasteiger charge is 2.71. The zero-order chi connectivity index (χ0) is 31.3. The first kappa shape index (κ1) is 29.9. The lowest BCUT2D eigenvalue weighted by atomic mass is 9.51. The van der Waals surface area contributed by atoms with Crippen LogP contribution in [0.3, 0.4) is 0 Å². The fraction of sp³-hybridized carbons (Fsp3) is 0.618. The second kappa shape index (κ2) is 10.2. The van der Waals surface area contributed by atoms with Crippen LogP contribution in [0.25, 0.3) is 0 Å². The second-order valence-corrected chi connectivity index (χ2v) is 13.9. The molecular weight excluding hydrogens is 550 g/mol. The van der Waals surface area contributed by atoms with Crippen LogP contribution in [0.15, 0.2) is 23.3 Å². The van der Waals surface area contributed by atoms with Crippen molar-refractivity contribution in [2.75, 3.05) is 7.11 Å². The zero-order valence-electron chi connectivity index (χ0n) is 25.9. The number of benzene rings is 1. The summed E-state index contributed by atoms with van der Waals surface area (Å²) in [5, 5.41) is 36.5. The maximum absolute atomic E-state index is 15.5. The van der Waals surface area contributed by atoms with E-state index in [0.717, 1.165) is 11.1 Å². The topological polar surface area (TPSA) is 142 Å². The molecule has 4 N–H and O–H groups in total. The maximum atomic E-state index is 15.5. The predicted octanol–water partition coefficient (Wildman–Crippen LogP) is 4.37. The molecule has 1 aromatic carbocycles. The van der Waals surface area contributed by atoms with Gasteiger partial charge in [-0.2, -0.15) is 0 Å². The summed E-state index contributed by atoms with van der Waals surface area (Å²) in [5.41, 5.74) is 1.63. The number of fused-ring (bicyclic) bond motifs is 8. The highest BCUT2D eigenvalue weighted by Crippen LogP contribution is 2.67. The Morgan fingerprint density at radius 1 is 1.05 bits per heavy atom. The van der Waals surface area contributed by atoms with Gasteiger partial charge in [0.05, 0.1) is 31.2 Å². The summed E-state index contributed by atoms with van der Waals surface area (Å²) >= 11 is 0. The van der Waals surface area contributed by atoms with Crippen molar-refractivity contribution < 1.29 is 39.2 Å². The minimum absolute atomic E-state index is 0.0824. The monoisotopic (exact) mass is 593 g/mol. The number of amides is 1. The van der Waals surface area contributed by atoms with E-state index >= 15 is 4.79 Å². The second-order valence-electron chi connectivity index (χ2n) is 13.9. The SMILES string of the molecule is COc1c(O)c(C)c2c(c1O)[C@@H]1O[C@H]2[C@H]2C(=O)[C@H](O)CC/C(C)=C\[C@H]3C=C(C)[C@@H](C)[C@H]4[C@H](CC(C)C)NC(=O)[C@]43C(=O)[C@@H]21. The molecule has 1 aromatic rings. The van der Waals surface area contributed by atoms with E-state index < -0.39 is 47.3 Å². The van der Waals surface area contributed by atoms with Crippen LogP contribution in [0.4, 0.5) is 0 Å². The van der Waals surface area contributed by atoms with Gasteiger partial charge in [0.25, 0.3) is 0 Å². The zero-order valence-corrected chi connectivity index (χ0v) is 25.9. The fourth-order valence-electron chi connectivity index (χ4n) is 9.08. The Morgan fingerprint density at radius 2 is 1.72 bits per heavy atom. The van der Waals surface area contributed by atoms with E-state index in [4.69, 9.17) is 9.47 Å². The van der Waals surface area contributed by atoms with Crippen molar-refractivity contribution in [3.63, 3.8) is 0 Å². The summed E-state index contributed by atoms with van der Waals surface area (Å²) in [7, 11) is 1.33. The average Bonchev–Trinajstić information content (AvgIpc) is 3.60. The smallest absolute Gasteiger partial charge is 0.235 e. The minimum Gasteiger partial charge on any atom is -0.504 e. The molecule has 0 aromatic heterocycles. The maximum Gasteiger partial charge on any atom is 0.235 e. The molecular formula is C34H43NO8. The summed E-state index contributed by atoms with van der Waals surface area (Å²) in [6.07, 6.45) is 1.95. The van der Waals surface area contributed by atoms with E-state index in [9.17, 15) is 24.9 Å². The van der Waals surface area contributed by atoms with Gasteiger partial charge in [-0.25, -0.2) is 0 Å². The lowest BCUT2D eigenvalue weighted by molar-refractivity contribution is -0.152. The Morgan fingerprint density at radius 3 is 2.37 bits per heavy atom. The third-order valence-electron chi connectivity index (χ3n) is 11.1. The molecule has 1 amide bonds. The molecule has 9 nitrogen and oxygen atoms in total. The lowest BCUT2D eigenvalue weighted by Gasteiger charge is -2.47. The number of hydrogen-bond acceptors (Lipinski definition) is 8. The number of aromatic hydroxyl groups is 2. The van der Waals surface area contributed by atoms with Crippen LogP contribution in [-0.2, 0) is 19.1 Å². The largest absolute Gasteiger partial charge is 0.504 e. The van der Waals surface area contributed by atoms with Gasteiger partial charge in [0.1, 0.15) is 11.5 Å². The normalized spacial score (nSPS) is 39.7. The van der Waals surface area contributed by atoms with Crippen LogP contribution < -0.4 is 10.1 Å². The molecule has 10 atom stereocenters. The first-order chi connectivity index (χ1) is 20.3. The molecule has 3 aliphatic heterocycles. The van der Waals surface area contributed by atoms with E-state index in [1.54, 1.807) is 6.92 Å². The highest BCUT2D eigenvalue weighted by atomic mass is 16.5. The number of rotatable bonds is 3. The molecule has 2 fully saturated rings. The number of methoxy groups -OCH3 is 1. The average molecular weight is 594 g/mol. The van der Waals surface area contributed by atoms with E-state index in [2.05, 4.69) is 33.0 Å². The van der Waals surface area contributed by atoms with Gasteiger partial charge in [0, 0.05) is 29.0 Å². The van der Waals surface area contributed by atoms with Crippen molar-refractivity contribution in [1.29, 1.82) is 0 Å². The van der Waals surface area contributed by atoms with Gasteiger partial charge < -0.3 is 30.1 Å². The molecule has 6 rings (SSSR count). The molecule has 2 bridgehead atoms. The van der Waals surface area contributed by atoms with Crippen LogP contribution in [0, 0.1) is 47.8 Å². The van der Waals surface area contributed by atoms with Gasteiger partial charge in [-0.05, 0) is 57.4 Å². The van der Waals surface area contributed by atoms with E-state index in [0.29, 0.717) is 29.5 Å². The quantitative estimate of drug-likeness (QED) is 0.299. The molecule has 43 heavy (non-hydrogen) atoms. The molecule has 9 heteroatoms. The van der Waals surface area contributed by atoms with Crippen LogP contribution in [0.5, 0.6) is 17.2 Å². The molecule has 2 aliphatic carbocycles. The molecule has 0 radical (unpaired) electrons. The molecule has 0 saturated carbocycles. The number of ether oxygens (including phenoxy) is 2. The molecule has 232 valence electrons.